The van der Waals surface area contributed by atoms with Crippen molar-refractivity contribution in [2.75, 3.05) is 19.6 Å². The molecule has 6 nitrogen and oxygen atoms in total. The highest BCUT2D eigenvalue weighted by Crippen LogP contribution is 2.19. The van der Waals surface area contributed by atoms with Crippen molar-refractivity contribution in [3.05, 3.63) is 35.9 Å². The molecule has 144 valence electrons. The van der Waals surface area contributed by atoms with Crippen molar-refractivity contribution in [2.45, 2.75) is 57.0 Å². The molecule has 0 radical (unpaired) electrons. The molecule has 2 rings (SSSR count). The Morgan fingerprint density at radius 2 is 2.08 bits per heavy atom. The zero-order valence-electron chi connectivity index (χ0n) is 16.3. The third-order valence-corrected chi connectivity index (χ3v) is 4.85. The van der Waals surface area contributed by atoms with Crippen LogP contribution in [0.15, 0.2) is 30.3 Å². The number of hydrogen-bond donors (Lipinski definition) is 3. The quantitative estimate of drug-likeness (QED) is 0.522. The number of carbonyl (C=O) groups is 2. The Kier molecular flexibility index (Phi) is 7.93. The second kappa shape index (κ2) is 10.9. The molecule has 1 aromatic carbocycles. The largest absolute Gasteiger partial charge is 0.480 e. The van der Waals surface area contributed by atoms with Crippen LogP contribution in [-0.2, 0) is 16.0 Å². The molecule has 1 aliphatic heterocycles. The molecule has 0 unspecified atom stereocenters. The molecule has 1 fully saturated rings. The summed E-state index contributed by atoms with van der Waals surface area (Å²) in [4.78, 5) is 25.9. The zero-order chi connectivity index (χ0) is 19.6. The molecule has 26 heavy (non-hydrogen) atoms. The van der Waals surface area contributed by atoms with Crippen LogP contribution in [0.4, 0.5) is 0 Å². The average molecular weight is 362 g/mol. The standard InChI is InChI=1S/C20H31N3O3/c21-13-5-4-11-17(19(24)23-15-7-12-18(23)20(25)26)22-14-6-10-16-8-2-1-3-9-16/h1-3,8-9,17-18,22H,4-7,10-15,21H2,(H,25,26)/t17-,18-/m0/s1/i/hD. The Balaban J connectivity index is 1.96. The molecule has 1 amide bonds. The molecule has 4 N–H and O–H groups in total. The highest BCUT2D eigenvalue weighted by molar-refractivity contribution is 5.87. The van der Waals surface area contributed by atoms with Gasteiger partial charge < -0.3 is 21.0 Å². The van der Waals surface area contributed by atoms with E-state index in [0.29, 0.717) is 38.9 Å². The summed E-state index contributed by atoms with van der Waals surface area (Å²) in [6.07, 6.45) is 4.90. The number of unbranched alkanes of at least 4 members (excludes halogenated alkanes) is 1. The molecule has 1 aliphatic rings. The van der Waals surface area contributed by atoms with E-state index in [1.165, 1.54) is 15.8 Å². The van der Waals surface area contributed by atoms with Crippen molar-refractivity contribution >= 4 is 11.9 Å². The first kappa shape index (κ1) is 18.9. The van der Waals surface area contributed by atoms with Gasteiger partial charge in [0.25, 0.3) is 0 Å². The van der Waals surface area contributed by atoms with Gasteiger partial charge in [0.05, 0.1) is 6.04 Å². The number of nitrogens with zero attached hydrogens (tertiary/aromatic N) is 1. The van der Waals surface area contributed by atoms with Gasteiger partial charge in [-0.05, 0) is 57.2 Å². The maximum atomic E-state index is 13.0. The fraction of sp³-hybridized carbons (Fsp3) is 0.600. The molecule has 1 heterocycles. The maximum Gasteiger partial charge on any atom is 0.326 e. The second-order valence-corrected chi connectivity index (χ2v) is 6.82. The first-order valence-corrected chi connectivity index (χ1v) is 9.57. The van der Waals surface area contributed by atoms with Gasteiger partial charge >= 0.3 is 5.97 Å². The van der Waals surface area contributed by atoms with Gasteiger partial charge in [0.15, 0.2) is 0 Å². The number of likely N-dealkylation sites (tertiary alicyclic amines) is 1. The normalized spacial score (nSPS) is 18.8. The second-order valence-electron chi connectivity index (χ2n) is 6.82. The van der Waals surface area contributed by atoms with Gasteiger partial charge in [-0.25, -0.2) is 4.79 Å². The van der Waals surface area contributed by atoms with Crippen LogP contribution < -0.4 is 11.0 Å². The number of nitrogens with one attached hydrogen (secondary N) is 1. The molecule has 1 aromatic rings. The van der Waals surface area contributed by atoms with E-state index in [0.717, 1.165) is 25.7 Å². The lowest BCUT2D eigenvalue weighted by atomic mass is 10.1. The average Bonchev–Trinajstić information content (AvgIpc) is 3.16. The Morgan fingerprint density at radius 1 is 1.31 bits per heavy atom. The van der Waals surface area contributed by atoms with Crippen LogP contribution in [0, 0.1) is 0 Å². The van der Waals surface area contributed by atoms with Gasteiger partial charge in [-0.2, -0.15) is 0 Å². The lowest BCUT2D eigenvalue weighted by molar-refractivity contribution is -0.149. The summed E-state index contributed by atoms with van der Waals surface area (Å²) in [6.45, 7) is 1.48. The lowest BCUT2D eigenvalue weighted by Gasteiger charge is -2.27. The third-order valence-electron chi connectivity index (χ3n) is 4.85. The third kappa shape index (κ3) is 6.11. The number of benzene rings is 1. The molecule has 6 heteroatoms. The van der Waals surface area contributed by atoms with E-state index in [9.17, 15) is 14.7 Å². The smallest absolute Gasteiger partial charge is 0.326 e. The minimum absolute atomic E-state index is 0.230. The molecule has 1 saturated heterocycles. The van der Waals surface area contributed by atoms with E-state index in [-0.39, 0.29) is 5.91 Å². The molecule has 0 aromatic heterocycles. The first-order chi connectivity index (χ1) is 13.0. The summed E-state index contributed by atoms with van der Waals surface area (Å²) in [6, 6.07) is 8.71. The van der Waals surface area contributed by atoms with E-state index >= 15 is 0 Å². The predicted octanol–water partition coefficient (Wildman–Crippen LogP) is 1.78. The number of carboxylic acids is 1. The summed E-state index contributed by atoms with van der Waals surface area (Å²) < 4.78 is 8.41. The monoisotopic (exact) mass is 362 g/mol. The number of rotatable bonds is 11. The van der Waals surface area contributed by atoms with E-state index < -0.39 is 18.1 Å². The fourth-order valence-corrected chi connectivity index (χ4v) is 3.43. The lowest BCUT2D eigenvalue weighted by Crippen LogP contribution is -2.50. The molecule has 2 atom stereocenters. The highest BCUT2D eigenvalue weighted by atomic mass is 16.4. The SMILES string of the molecule is [2H]N(CCCc1ccccc1)[C@@H](CCCCN)C(=O)N1CCC[C@H]1C(=O)O. The summed E-state index contributed by atoms with van der Waals surface area (Å²) in [5.41, 5.74) is 6.77. The molecule has 0 spiro atoms. The van der Waals surface area contributed by atoms with Crippen molar-refractivity contribution in [1.29, 1.82) is 0 Å². The molecular weight excluding hydrogens is 330 g/mol. The van der Waals surface area contributed by atoms with Crippen molar-refractivity contribution in [2.24, 2.45) is 5.73 Å². The van der Waals surface area contributed by atoms with Gasteiger partial charge in [-0.3, -0.25) is 4.79 Å². The highest BCUT2D eigenvalue weighted by Gasteiger charge is 2.36. The maximum absolute atomic E-state index is 13.0. The van der Waals surface area contributed by atoms with Gasteiger partial charge in [-0.1, -0.05) is 36.8 Å². The van der Waals surface area contributed by atoms with E-state index in [4.69, 9.17) is 7.15 Å². The van der Waals surface area contributed by atoms with Crippen LogP contribution in [-0.4, -0.2) is 53.6 Å². The van der Waals surface area contributed by atoms with Crippen molar-refractivity contribution in [1.82, 2.24) is 10.2 Å². The van der Waals surface area contributed by atoms with Gasteiger partial charge in [0.2, 0.25) is 5.91 Å². The zero-order valence-corrected chi connectivity index (χ0v) is 15.3. The van der Waals surface area contributed by atoms with Gasteiger partial charge in [-0.15, -0.1) is 0 Å². The minimum atomic E-state index is -0.956. The molecular formula is C20H31N3O3. The van der Waals surface area contributed by atoms with Crippen molar-refractivity contribution < 1.29 is 16.1 Å². The van der Waals surface area contributed by atoms with E-state index in [2.05, 4.69) is 12.1 Å². The summed E-state index contributed by atoms with van der Waals surface area (Å²) in [7, 11) is 0. The number of carboxylic acid groups (broad SMARTS) is 1. The Hall–Kier alpha value is -1.92. The molecule has 0 saturated carbocycles. The molecule has 0 bridgehead atoms. The number of nitrogens with two attached hydrogens (primary N) is 1. The topological polar surface area (TPSA) is 95.7 Å². The Morgan fingerprint density at radius 3 is 2.77 bits per heavy atom. The first-order valence-electron chi connectivity index (χ1n) is 10.0. The summed E-state index contributed by atoms with van der Waals surface area (Å²) in [5.74, 6) is -1.19. The minimum Gasteiger partial charge on any atom is -0.480 e. The molecule has 0 aliphatic carbocycles. The number of aryl methyl sites for hydroxylation is 1. The van der Waals surface area contributed by atoms with Gasteiger partial charge in [0, 0.05) is 6.54 Å². The van der Waals surface area contributed by atoms with Crippen LogP contribution in [0.3, 0.4) is 0 Å². The number of amides is 1. The van der Waals surface area contributed by atoms with Gasteiger partial charge in [0.1, 0.15) is 7.45 Å². The fourth-order valence-electron chi connectivity index (χ4n) is 3.43. The van der Waals surface area contributed by atoms with Crippen LogP contribution in [0.1, 0.15) is 44.1 Å². The van der Waals surface area contributed by atoms with Crippen LogP contribution in [0.5, 0.6) is 0 Å². The Bertz CT molecular complexity index is 599. The van der Waals surface area contributed by atoms with Crippen molar-refractivity contribution in [3.63, 3.8) is 0 Å². The van der Waals surface area contributed by atoms with Crippen LogP contribution in [0.2, 0.25) is 1.41 Å². The number of aliphatic carboxylic acids is 1. The summed E-state index contributed by atoms with van der Waals surface area (Å²) >= 11 is 0. The van der Waals surface area contributed by atoms with Crippen LogP contribution >= 0.6 is 0 Å². The predicted molar refractivity (Wildman–Crippen MR) is 102 cm³/mol. The Labute approximate surface area is 157 Å². The van der Waals surface area contributed by atoms with E-state index in [1.54, 1.807) is 0 Å². The summed E-state index contributed by atoms with van der Waals surface area (Å²) in [5, 5.41) is 10.7. The number of carbonyl (C=O) groups excluding carboxylic acids is 1. The van der Waals surface area contributed by atoms with E-state index in [1.807, 2.05) is 18.2 Å². The number of hydrogen-bond acceptors (Lipinski definition) is 4. The van der Waals surface area contributed by atoms with Crippen LogP contribution in [0.25, 0.3) is 0 Å². The van der Waals surface area contributed by atoms with Crippen molar-refractivity contribution in [3.8, 4) is 0 Å².